The Balaban J connectivity index is 3.49. The first-order chi connectivity index (χ1) is 20.8. The molecule has 0 aromatic heterocycles. The third-order valence-corrected chi connectivity index (χ3v) is 81.9. The van der Waals surface area contributed by atoms with E-state index in [2.05, 4.69) is 175 Å². The van der Waals surface area contributed by atoms with Crippen molar-refractivity contribution < 1.29 is 0 Å². The lowest BCUT2D eigenvalue weighted by Crippen LogP contribution is -2.69. The van der Waals surface area contributed by atoms with E-state index >= 15 is 0 Å². The number of allylic oxidation sites excluding steroid dienone is 1. The van der Waals surface area contributed by atoms with Gasteiger partial charge < -0.3 is 0 Å². The van der Waals surface area contributed by atoms with Crippen LogP contribution in [0.25, 0.3) is 0 Å². The zero-order valence-corrected chi connectivity index (χ0v) is 47.7. The highest BCUT2D eigenvalue weighted by molar-refractivity contribution is 7.80. The van der Waals surface area contributed by atoms with Gasteiger partial charge in [0.05, 0.1) is 64.6 Å². The van der Waals surface area contributed by atoms with E-state index in [-0.39, 0.29) is 15.8 Å². The molecule has 0 bridgehead atoms. The van der Waals surface area contributed by atoms with Gasteiger partial charge in [-0.25, -0.2) is 0 Å². The maximum atomic E-state index is 3.42. The lowest BCUT2D eigenvalue weighted by Gasteiger charge is -2.64. The van der Waals surface area contributed by atoms with E-state index in [9.17, 15) is 0 Å². The van der Waals surface area contributed by atoms with E-state index in [0.717, 1.165) is 0 Å². The average Bonchev–Trinajstić information content (AvgIpc) is 3.36. The summed E-state index contributed by atoms with van der Waals surface area (Å²) in [5.41, 5.74) is 0. The Kier molecular flexibility index (Phi) is 13.4. The molecule has 2 saturated heterocycles. The van der Waals surface area contributed by atoms with E-state index in [4.69, 9.17) is 0 Å². The summed E-state index contributed by atoms with van der Waals surface area (Å²) in [6.07, 6.45) is 10.5. The molecule has 0 unspecified atom stereocenters. The zero-order chi connectivity index (χ0) is 38.4. The fourth-order valence-electron chi connectivity index (χ4n) is 13.6. The Bertz CT molecular complexity index is 1030. The topological polar surface area (TPSA) is 0 Å². The van der Waals surface area contributed by atoms with E-state index in [1.165, 1.54) is 19.3 Å². The van der Waals surface area contributed by atoms with Gasteiger partial charge in [-0.2, -0.15) is 0 Å². The van der Waals surface area contributed by atoms with Gasteiger partial charge in [-0.3, -0.25) is 0 Å². The van der Waals surface area contributed by atoms with Crippen LogP contribution in [0.15, 0.2) is 11.1 Å². The molecule has 0 amide bonds. The zero-order valence-electron chi connectivity index (χ0n) is 37.9. The van der Waals surface area contributed by atoms with Gasteiger partial charge in [0.25, 0.3) is 0 Å². The second-order valence-electron chi connectivity index (χ2n) is 24.9. The molecule has 0 aromatic carbocycles. The van der Waals surface area contributed by atoms with Crippen molar-refractivity contribution in [3.05, 3.63) is 11.1 Å². The van der Waals surface area contributed by atoms with Gasteiger partial charge >= 0.3 is 0 Å². The van der Waals surface area contributed by atoms with Crippen LogP contribution in [0.1, 0.15) is 51.9 Å². The number of hydrogen-bond donors (Lipinski definition) is 0. The Morgan fingerprint density at radius 2 is 0.646 bits per heavy atom. The van der Waals surface area contributed by atoms with E-state index in [1.807, 2.05) is 0 Å². The second kappa shape index (κ2) is 13.8. The van der Waals surface area contributed by atoms with Crippen molar-refractivity contribution in [1.29, 1.82) is 0 Å². The summed E-state index contributed by atoms with van der Waals surface area (Å²) in [6, 6.07) is 0. The Labute approximate surface area is 316 Å². The molecule has 0 aliphatic carbocycles. The Morgan fingerprint density at radius 3 is 0.854 bits per heavy atom. The first-order valence-electron chi connectivity index (χ1n) is 20.1. The number of hydrogen-bond acceptors (Lipinski definition) is 0. The summed E-state index contributed by atoms with van der Waals surface area (Å²) in [7, 11) is -12.9. The average molecular weight is 834 g/mol. The minimum absolute atomic E-state index is 0.224. The lowest BCUT2D eigenvalue weighted by molar-refractivity contribution is 0.775. The molecule has 2 aliphatic rings. The summed E-state index contributed by atoms with van der Waals surface area (Å²) < 4.78 is 2.52. The first-order valence-corrected chi connectivity index (χ1v) is 50.9. The van der Waals surface area contributed by atoms with Crippen molar-refractivity contribution in [3.63, 3.8) is 0 Å². The number of unbranched alkanes of at least 4 members (excludes halogenated alkanes) is 1. The van der Waals surface area contributed by atoms with Crippen molar-refractivity contribution >= 4 is 80.4 Å². The molecule has 0 saturated carbocycles. The van der Waals surface area contributed by atoms with Gasteiger partial charge in [-0.05, 0) is 61.4 Å². The van der Waals surface area contributed by atoms with Gasteiger partial charge in [0, 0.05) is 0 Å². The van der Waals surface area contributed by atoms with E-state index in [1.54, 1.807) is 25.7 Å². The SMILES string of the molecule is CCCC/C(=C\P1C([Si](C)(C)C)([Si](C)(C)C)CCC1([Si](C)(C)C)[Si](C)(C)C)P1C([Si](C)(C)C)([Si](C)(C)C)CCC1([Si](C)(C)C)[Si](C)(C)C. The molecule has 48 heavy (non-hydrogen) atoms. The van der Waals surface area contributed by atoms with Crippen molar-refractivity contribution in [3.8, 4) is 0 Å². The van der Waals surface area contributed by atoms with Crippen LogP contribution in [0.2, 0.25) is 157 Å². The maximum absolute atomic E-state index is 3.42. The molecule has 284 valence electrons. The van der Waals surface area contributed by atoms with Gasteiger partial charge in [0.15, 0.2) is 0 Å². The maximum Gasteiger partial charge on any atom is 0.0529 e. The van der Waals surface area contributed by atoms with Crippen LogP contribution in [0, 0.1) is 0 Å². The van der Waals surface area contributed by atoms with Gasteiger partial charge in [0.1, 0.15) is 0 Å². The van der Waals surface area contributed by atoms with Crippen molar-refractivity contribution in [1.82, 2.24) is 0 Å². The summed E-state index contributed by atoms with van der Waals surface area (Å²) in [5.74, 6) is 3.42. The number of rotatable bonds is 13. The summed E-state index contributed by atoms with van der Waals surface area (Å²) in [4.78, 5) is 0. The highest BCUT2D eigenvalue weighted by atomic mass is 31.1. The van der Waals surface area contributed by atoms with E-state index < -0.39 is 64.6 Å². The summed E-state index contributed by atoms with van der Waals surface area (Å²) >= 11 is 0. The first kappa shape index (κ1) is 46.5. The fourth-order valence-corrected chi connectivity index (χ4v) is 94.4. The van der Waals surface area contributed by atoms with Crippen LogP contribution in [0.5, 0.6) is 0 Å². The quantitative estimate of drug-likeness (QED) is 0.128. The van der Waals surface area contributed by atoms with Gasteiger partial charge in [-0.1, -0.05) is 192 Å². The molecular weight excluding hydrogens is 743 g/mol. The Morgan fingerprint density at radius 1 is 0.417 bits per heavy atom. The molecule has 0 nitrogen and oxygen atoms in total. The second-order valence-corrected chi connectivity index (χ2v) is 78.4. The van der Waals surface area contributed by atoms with Crippen LogP contribution in [-0.4, -0.2) is 82.2 Å². The van der Waals surface area contributed by atoms with Crippen molar-refractivity contribution in [2.75, 3.05) is 0 Å². The predicted octanol–water partition coefficient (Wildman–Crippen LogP) is 15.5. The molecule has 2 heterocycles. The molecular formula is C38H90P2Si8. The molecule has 0 aromatic rings. The summed E-state index contributed by atoms with van der Waals surface area (Å²) in [5, 5.41) is 2.16. The molecule has 2 rings (SSSR count). The third kappa shape index (κ3) is 7.01. The van der Waals surface area contributed by atoms with Crippen molar-refractivity contribution in [2.45, 2.75) is 227 Å². The smallest absolute Gasteiger partial charge is 0.0529 e. The molecule has 2 fully saturated rings. The van der Waals surface area contributed by atoms with Crippen molar-refractivity contribution in [2.24, 2.45) is 0 Å². The fraction of sp³-hybridized carbons (Fsp3) is 0.947. The Hall–Kier alpha value is 2.34. The highest BCUT2D eigenvalue weighted by Crippen LogP contribution is 2.85. The van der Waals surface area contributed by atoms with Crippen LogP contribution in [0.3, 0.4) is 0 Å². The summed E-state index contributed by atoms with van der Waals surface area (Å²) in [6.45, 7) is 71.2. The van der Waals surface area contributed by atoms with Crippen LogP contribution in [0.4, 0.5) is 0 Å². The van der Waals surface area contributed by atoms with Crippen LogP contribution < -0.4 is 0 Å². The minimum Gasteiger partial charge on any atom is -0.0812 e. The molecule has 0 spiro atoms. The van der Waals surface area contributed by atoms with Crippen LogP contribution >= 0.6 is 15.8 Å². The predicted molar refractivity (Wildman–Crippen MR) is 258 cm³/mol. The van der Waals surface area contributed by atoms with Gasteiger partial charge in [-0.15, -0.1) is 0 Å². The minimum atomic E-state index is -1.56. The molecule has 0 N–H and O–H groups in total. The standard InChI is InChI=1S/C38H90P2Si8/c1-26-27-28-34(40-37(45(14,15)16,46(17,18)19)31-32-38(40,47(20,21)22)48(23,24)25)33-39-35(41(2,3)4,42(5,6)7)29-30-36(39,43(8,9)10)44(11,12)13/h33H,26-32H2,1-25H3/b34-33+. The molecule has 2 aliphatic heterocycles. The lowest BCUT2D eigenvalue weighted by atomic mass is 10.2. The van der Waals surface area contributed by atoms with E-state index in [0.29, 0.717) is 17.6 Å². The van der Waals surface area contributed by atoms with Crippen LogP contribution in [-0.2, 0) is 0 Å². The molecule has 0 radical (unpaired) electrons. The molecule has 10 heteroatoms. The molecule has 0 atom stereocenters. The largest absolute Gasteiger partial charge is 0.0812 e. The normalized spacial score (nSPS) is 23.6. The highest BCUT2D eigenvalue weighted by Gasteiger charge is 2.74. The van der Waals surface area contributed by atoms with Gasteiger partial charge in [0.2, 0.25) is 0 Å². The third-order valence-electron chi connectivity index (χ3n) is 14.6. The monoisotopic (exact) mass is 832 g/mol.